The summed E-state index contributed by atoms with van der Waals surface area (Å²) in [5.74, 6) is 0.810. The molecule has 0 aliphatic carbocycles. The van der Waals surface area contributed by atoms with E-state index in [4.69, 9.17) is 5.73 Å². The lowest BCUT2D eigenvalue weighted by Crippen LogP contribution is -2.15. The van der Waals surface area contributed by atoms with Gasteiger partial charge in [-0.05, 0) is 18.6 Å². The minimum Gasteiger partial charge on any atom is -0.396 e. The molecule has 84 valence electrons. The quantitative estimate of drug-likeness (QED) is 0.801. The number of hydrogen-bond donors (Lipinski definition) is 2. The van der Waals surface area contributed by atoms with Crippen molar-refractivity contribution in [1.29, 1.82) is 0 Å². The van der Waals surface area contributed by atoms with Crippen LogP contribution in [-0.4, -0.2) is 11.5 Å². The number of pyridine rings is 1. The highest BCUT2D eigenvalue weighted by Gasteiger charge is 2.16. The normalized spacial score (nSPS) is 11.5. The zero-order valence-electron chi connectivity index (χ0n) is 10.1. The predicted octanol–water partition coefficient (Wildman–Crippen LogP) is 2.78. The lowest BCUT2D eigenvalue weighted by molar-refractivity contribution is 0.570. The molecule has 0 spiro atoms. The number of nitrogen functional groups attached to an aromatic ring is 1. The predicted molar refractivity (Wildman–Crippen MR) is 66.1 cm³/mol. The summed E-state index contributed by atoms with van der Waals surface area (Å²) in [6.45, 7) is 9.47. The Labute approximate surface area is 92.1 Å². The smallest absolute Gasteiger partial charge is 0.149 e. The van der Waals surface area contributed by atoms with Crippen LogP contribution in [0.4, 0.5) is 11.5 Å². The van der Waals surface area contributed by atoms with Crippen molar-refractivity contribution in [1.82, 2.24) is 4.98 Å². The second-order valence-electron chi connectivity index (χ2n) is 4.81. The molecule has 0 saturated carbocycles. The summed E-state index contributed by atoms with van der Waals surface area (Å²) in [6, 6.07) is 3.91. The number of aromatic nitrogens is 1. The van der Waals surface area contributed by atoms with Crippen LogP contribution in [0.3, 0.4) is 0 Å². The number of rotatable bonds is 3. The molecule has 1 aromatic rings. The zero-order chi connectivity index (χ0) is 11.5. The molecule has 1 aromatic heterocycles. The van der Waals surface area contributed by atoms with Crippen molar-refractivity contribution in [3.8, 4) is 0 Å². The van der Waals surface area contributed by atoms with Gasteiger partial charge in [0.15, 0.2) is 0 Å². The van der Waals surface area contributed by atoms with E-state index in [2.05, 4.69) is 38.0 Å². The molecule has 3 heteroatoms. The fourth-order valence-electron chi connectivity index (χ4n) is 1.27. The van der Waals surface area contributed by atoms with Crippen LogP contribution in [-0.2, 0) is 5.41 Å². The molecule has 0 atom stereocenters. The van der Waals surface area contributed by atoms with Gasteiger partial charge in [0, 0.05) is 17.7 Å². The van der Waals surface area contributed by atoms with Gasteiger partial charge in [-0.15, -0.1) is 0 Å². The molecule has 3 N–H and O–H groups in total. The second kappa shape index (κ2) is 4.51. The topological polar surface area (TPSA) is 50.9 Å². The third-order valence-electron chi connectivity index (χ3n) is 2.24. The van der Waals surface area contributed by atoms with Crippen LogP contribution < -0.4 is 11.1 Å². The van der Waals surface area contributed by atoms with Gasteiger partial charge in [-0.3, -0.25) is 0 Å². The highest BCUT2D eigenvalue weighted by molar-refractivity contribution is 5.61. The molecule has 0 aromatic carbocycles. The maximum atomic E-state index is 5.85. The Hall–Kier alpha value is -1.25. The zero-order valence-corrected chi connectivity index (χ0v) is 10.1. The minimum atomic E-state index is 0.0658. The largest absolute Gasteiger partial charge is 0.396 e. The van der Waals surface area contributed by atoms with E-state index in [1.165, 1.54) is 0 Å². The van der Waals surface area contributed by atoms with Gasteiger partial charge < -0.3 is 11.1 Å². The molecule has 0 unspecified atom stereocenters. The van der Waals surface area contributed by atoms with Crippen molar-refractivity contribution in [2.24, 2.45) is 0 Å². The number of hydrogen-bond acceptors (Lipinski definition) is 3. The number of nitrogens with one attached hydrogen (secondary N) is 1. The third kappa shape index (κ3) is 3.11. The Balaban J connectivity index is 2.95. The summed E-state index contributed by atoms with van der Waals surface area (Å²) < 4.78 is 0. The molecule has 0 amide bonds. The van der Waals surface area contributed by atoms with Crippen LogP contribution in [0.2, 0.25) is 0 Å². The molecule has 0 aliphatic heterocycles. The molecule has 0 bridgehead atoms. The highest BCUT2D eigenvalue weighted by Crippen LogP contribution is 2.24. The van der Waals surface area contributed by atoms with Crippen LogP contribution >= 0.6 is 0 Å². The van der Waals surface area contributed by atoms with Gasteiger partial charge in [0.1, 0.15) is 5.82 Å². The molecule has 3 nitrogen and oxygen atoms in total. The lowest BCUT2D eigenvalue weighted by Gasteiger charge is -2.19. The number of nitrogens with zero attached hydrogens (tertiary/aromatic N) is 1. The van der Waals surface area contributed by atoms with E-state index in [-0.39, 0.29) is 5.41 Å². The van der Waals surface area contributed by atoms with Crippen LogP contribution in [0.1, 0.15) is 39.8 Å². The van der Waals surface area contributed by atoms with Gasteiger partial charge >= 0.3 is 0 Å². The van der Waals surface area contributed by atoms with Crippen molar-refractivity contribution >= 4 is 11.5 Å². The standard InChI is InChI=1S/C12H21N3/c1-5-8-14-11-9(13)6-7-10(15-11)12(2,3)4/h6-7H,5,8,13H2,1-4H3,(H,14,15). The van der Waals surface area contributed by atoms with Crippen LogP contribution in [0.15, 0.2) is 12.1 Å². The SMILES string of the molecule is CCCNc1nc(C(C)(C)C)ccc1N. The van der Waals surface area contributed by atoms with Crippen molar-refractivity contribution in [3.05, 3.63) is 17.8 Å². The van der Waals surface area contributed by atoms with Crippen molar-refractivity contribution in [2.45, 2.75) is 39.5 Å². The Morgan fingerprint density at radius 2 is 2.00 bits per heavy atom. The van der Waals surface area contributed by atoms with Gasteiger partial charge in [0.25, 0.3) is 0 Å². The second-order valence-corrected chi connectivity index (χ2v) is 4.81. The maximum absolute atomic E-state index is 5.85. The molecular weight excluding hydrogens is 186 g/mol. The van der Waals surface area contributed by atoms with E-state index in [0.717, 1.165) is 30.2 Å². The Kier molecular flexibility index (Phi) is 3.56. The van der Waals surface area contributed by atoms with Crippen LogP contribution in [0, 0.1) is 0 Å². The van der Waals surface area contributed by atoms with E-state index in [1.807, 2.05) is 12.1 Å². The molecule has 0 radical (unpaired) electrons. The van der Waals surface area contributed by atoms with Crippen LogP contribution in [0.5, 0.6) is 0 Å². The average molecular weight is 207 g/mol. The van der Waals surface area contributed by atoms with Gasteiger partial charge in [0.2, 0.25) is 0 Å². The maximum Gasteiger partial charge on any atom is 0.149 e. The molecule has 0 aliphatic rings. The fourth-order valence-corrected chi connectivity index (χ4v) is 1.27. The Morgan fingerprint density at radius 3 is 2.53 bits per heavy atom. The summed E-state index contributed by atoms with van der Waals surface area (Å²) in [4.78, 5) is 4.54. The molecule has 0 saturated heterocycles. The first-order chi connectivity index (χ1) is 6.95. The van der Waals surface area contributed by atoms with Gasteiger partial charge in [-0.1, -0.05) is 27.7 Å². The van der Waals surface area contributed by atoms with E-state index < -0.39 is 0 Å². The summed E-state index contributed by atoms with van der Waals surface area (Å²) >= 11 is 0. The molecule has 15 heavy (non-hydrogen) atoms. The summed E-state index contributed by atoms with van der Waals surface area (Å²) in [7, 11) is 0. The van der Waals surface area contributed by atoms with E-state index in [1.54, 1.807) is 0 Å². The minimum absolute atomic E-state index is 0.0658. The Bertz CT molecular complexity index is 326. The lowest BCUT2D eigenvalue weighted by atomic mass is 9.91. The fraction of sp³-hybridized carbons (Fsp3) is 0.583. The summed E-state index contributed by atoms with van der Waals surface area (Å²) in [5, 5.41) is 3.24. The van der Waals surface area contributed by atoms with Gasteiger partial charge in [-0.2, -0.15) is 0 Å². The molecule has 1 heterocycles. The van der Waals surface area contributed by atoms with Crippen molar-refractivity contribution in [2.75, 3.05) is 17.6 Å². The van der Waals surface area contributed by atoms with Crippen molar-refractivity contribution in [3.63, 3.8) is 0 Å². The molecular formula is C12H21N3. The van der Waals surface area contributed by atoms with E-state index >= 15 is 0 Å². The summed E-state index contributed by atoms with van der Waals surface area (Å²) in [6.07, 6.45) is 1.07. The van der Waals surface area contributed by atoms with Crippen LogP contribution in [0.25, 0.3) is 0 Å². The average Bonchev–Trinajstić information content (AvgIpc) is 2.15. The van der Waals surface area contributed by atoms with Gasteiger partial charge in [0.05, 0.1) is 5.69 Å². The first-order valence-electron chi connectivity index (χ1n) is 5.46. The van der Waals surface area contributed by atoms with Gasteiger partial charge in [-0.25, -0.2) is 4.98 Å². The first-order valence-corrected chi connectivity index (χ1v) is 5.46. The van der Waals surface area contributed by atoms with E-state index in [0.29, 0.717) is 0 Å². The Morgan fingerprint density at radius 1 is 1.33 bits per heavy atom. The summed E-state index contributed by atoms with van der Waals surface area (Å²) in [5.41, 5.74) is 7.70. The van der Waals surface area contributed by atoms with E-state index in [9.17, 15) is 0 Å². The first kappa shape index (κ1) is 11.8. The molecule has 0 fully saturated rings. The van der Waals surface area contributed by atoms with Crippen molar-refractivity contribution < 1.29 is 0 Å². The number of nitrogens with two attached hydrogens (primary N) is 1. The number of anilines is 2. The molecule has 1 rings (SSSR count). The highest BCUT2D eigenvalue weighted by atomic mass is 15.0. The monoisotopic (exact) mass is 207 g/mol. The third-order valence-corrected chi connectivity index (χ3v) is 2.24.